The minimum absolute atomic E-state index is 0.269. The zero-order valence-corrected chi connectivity index (χ0v) is 11.2. The summed E-state index contributed by atoms with van der Waals surface area (Å²) < 4.78 is 18.8. The molecule has 0 saturated heterocycles. The first-order valence-electron chi connectivity index (χ1n) is 5.91. The molecule has 0 fully saturated rings. The fourth-order valence-electron chi connectivity index (χ4n) is 1.75. The van der Waals surface area contributed by atoms with Gasteiger partial charge in [-0.1, -0.05) is 29.8 Å². The van der Waals surface area contributed by atoms with Gasteiger partial charge < -0.3 is 9.84 Å². The second-order valence-electron chi connectivity index (χ2n) is 4.24. The van der Waals surface area contributed by atoms with E-state index in [1.165, 1.54) is 18.2 Å². The molecule has 0 unspecified atom stereocenters. The average Bonchev–Trinajstić information content (AvgIpc) is 2.38. The molecule has 0 aliphatic carbocycles. The van der Waals surface area contributed by atoms with Crippen molar-refractivity contribution in [3.8, 4) is 5.75 Å². The second-order valence-corrected chi connectivity index (χ2v) is 4.65. The average molecular weight is 281 g/mol. The number of rotatable bonds is 4. The Balaban J connectivity index is 2.18. The molecule has 0 aromatic heterocycles. The van der Waals surface area contributed by atoms with Gasteiger partial charge in [-0.2, -0.15) is 0 Å². The van der Waals surface area contributed by atoms with Gasteiger partial charge in [0.05, 0.1) is 6.10 Å². The Labute approximate surface area is 116 Å². The van der Waals surface area contributed by atoms with E-state index in [2.05, 4.69) is 0 Å². The SMILES string of the molecule is C[C@H](O)c1cc(F)ccc1OCc1ccccc1Cl. The summed E-state index contributed by atoms with van der Waals surface area (Å²) in [6.45, 7) is 1.84. The molecule has 0 amide bonds. The summed E-state index contributed by atoms with van der Waals surface area (Å²) in [5.41, 5.74) is 1.26. The Morgan fingerprint density at radius 3 is 2.68 bits per heavy atom. The Bertz CT molecular complexity index is 570. The van der Waals surface area contributed by atoms with Crippen LogP contribution in [0.2, 0.25) is 5.02 Å². The first-order valence-corrected chi connectivity index (χ1v) is 6.29. The third-order valence-electron chi connectivity index (χ3n) is 2.76. The standard InChI is InChI=1S/C15H14ClFO2/c1-10(18)13-8-12(17)6-7-15(13)19-9-11-4-2-3-5-14(11)16/h2-8,10,18H,9H2,1H3/t10-/m0/s1. The number of ether oxygens (including phenoxy) is 1. The molecule has 2 rings (SSSR count). The van der Waals surface area contributed by atoms with Crippen LogP contribution in [0.1, 0.15) is 24.2 Å². The van der Waals surface area contributed by atoms with E-state index in [9.17, 15) is 9.50 Å². The molecule has 0 spiro atoms. The fourth-order valence-corrected chi connectivity index (χ4v) is 1.94. The topological polar surface area (TPSA) is 29.5 Å². The van der Waals surface area contributed by atoms with Gasteiger partial charge in [0, 0.05) is 16.1 Å². The van der Waals surface area contributed by atoms with Crippen LogP contribution in [0.4, 0.5) is 4.39 Å². The van der Waals surface area contributed by atoms with Gasteiger partial charge in [-0.25, -0.2) is 4.39 Å². The molecule has 0 heterocycles. The van der Waals surface area contributed by atoms with Crippen molar-refractivity contribution >= 4 is 11.6 Å². The first kappa shape index (κ1) is 13.8. The van der Waals surface area contributed by atoms with Crippen molar-refractivity contribution in [2.75, 3.05) is 0 Å². The largest absolute Gasteiger partial charge is 0.488 e. The van der Waals surface area contributed by atoms with E-state index in [-0.39, 0.29) is 6.61 Å². The van der Waals surface area contributed by atoms with Crippen molar-refractivity contribution in [2.24, 2.45) is 0 Å². The molecule has 0 aliphatic rings. The normalized spacial score (nSPS) is 12.2. The van der Waals surface area contributed by atoms with Gasteiger partial charge in [0.25, 0.3) is 0 Å². The number of aliphatic hydroxyl groups excluding tert-OH is 1. The molecule has 0 aliphatic heterocycles. The number of benzene rings is 2. The summed E-state index contributed by atoms with van der Waals surface area (Å²) in [7, 11) is 0. The minimum Gasteiger partial charge on any atom is -0.488 e. The molecule has 1 atom stereocenters. The van der Waals surface area contributed by atoms with Crippen molar-refractivity contribution in [1.82, 2.24) is 0 Å². The molecule has 1 N–H and O–H groups in total. The second kappa shape index (κ2) is 6.04. The van der Waals surface area contributed by atoms with E-state index in [1.807, 2.05) is 18.2 Å². The highest BCUT2D eigenvalue weighted by Crippen LogP contribution is 2.27. The van der Waals surface area contributed by atoms with E-state index in [0.29, 0.717) is 16.3 Å². The molecule has 4 heteroatoms. The molecule has 100 valence electrons. The fraction of sp³-hybridized carbons (Fsp3) is 0.200. The molecule has 2 aromatic carbocycles. The van der Waals surface area contributed by atoms with Crippen LogP contribution in [0.5, 0.6) is 5.75 Å². The van der Waals surface area contributed by atoms with Gasteiger partial charge in [0.2, 0.25) is 0 Å². The summed E-state index contributed by atoms with van der Waals surface area (Å²) in [5.74, 6) is 0.0531. The van der Waals surface area contributed by atoms with Crippen molar-refractivity contribution in [3.05, 3.63) is 64.4 Å². The summed E-state index contributed by atoms with van der Waals surface area (Å²) in [4.78, 5) is 0. The van der Waals surface area contributed by atoms with Gasteiger partial charge in [0.15, 0.2) is 0 Å². The molecule has 0 saturated carbocycles. The van der Waals surface area contributed by atoms with Crippen LogP contribution in [0, 0.1) is 5.82 Å². The maximum atomic E-state index is 13.1. The van der Waals surface area contributed by atoms with Crippen molar-refractivity contribution in [1.29, 1.82) is 0 Å². The lowest BCUT2D eigenvalue weighted by molar-refractivity contribution is 0.189. The van der Waals surface area contributed by atoms with Crippen LogP contribution >= 0.6 is 11.6 Å². The van der Waals surface area contributed by atoms with Gasteiger partial charge >= 0.3 is 0 Å². The molecule has 2 nitrogen and oxygen atoms in total. The Hall–Kier alpha value is -1.58. The van der Waals surface area contributed by atoms with Crippen LogP contribution in [0.15, 0.2) is 42.5 Å². The highest BCUT2D eigenvalue weighted by Gasteiger charge is 2.11. The first-order chi connectivity index (χ1) is 9.08. The molecule has 2 aromatic rings. The van der Waals surface area contributed by atoms with E-state index >= 15 is 0 Å². The van der Waals surface area contributed by atoms with Crippen molar-refractivity contribution < 1.29 is 14.2 Å². The summed E-state index contributed by atoms with van der Waals surface area (Å²) in [6.07, 6.45) is -0.794. The van der Waals surface area contributed by atoms with Crippen molar-refractivity contribution in [3.63, 3.8) is 0 Å². The van der Waals surface area contributed by atoms with Gasteiger partial charge in [-0.15, -0.1) is 0 Å². The summed E-state index contributed by atoms with van der Waals surface area (Å²) >= 11 is 6.03. The van der Waals surface area contributed by atoms with Crippen LogP contribution in [0.25, 0.3) is 0 Å². The van der Waals surface area contributed by atoms with Crippen LogP contribution in [0.3, 0.4) is 0 Å². The number of aliphatic hydroxyl groups is 1. The third kappa shape index (κ3) is 3.46. The third-order valence-corrected chi connectivity index (χ3v) is 3.13. The highest BCUT2D eigenvalue weighted by atomic mass is 35.5. The molecule has 19 heavy (non-hydrogen) atoms. The maximum Gasteiger partial charge on any atom is 0.125 e. The lowest BCUT2D eigenvalue weighted by atomic mass is 10.1. The Kier molecular flexibility index (Phi) is 4.40. The van der Waals surface area contributed by atoms with E-state index < -0.39 is 11.9 Å². The quantitative estimate of drug-likeness (QED) is 0.913. The lowest BCUT2D eigenvalue weighted by Gasteiger charge is -2.14. The summed E-state index contributed by atoms with van der Waals surface area (Å²) in [6, 6.07) is 11.4. The molecular weight excluding hydrogens is 267 g/mol. The smallest absolute Gasteiger partial charge is 0.125 e. The van der Waals surface area contributed by atoms with E-state index in [4.69, 9.17) is 16.3 Å². The monoisotopic (exact) mass is 280 g/mol. The minimum atomic E-state index is -0.794. The summed E-state index contributed by atoms with van der Waals surface area (Å²) in [5, 5.41) is 10.2. The van der Waals surface area contributed by atoms with Crippen LogP contribution in [-0.4, -0.2) is 5.11 Å². The molecule has 0 bridgehead atoms. The van der Waals surface area contributed by atoms with Crippen LogP contribution in [-0.2, 0) is 6.61 Å². The Morgan fingerprint density at radius 1 is 1.26 bits per heavy atom. The van der Waals surface area contributed by atoms with E-state index in [1.54, 1.807) is 13.0 Å². The lowest BCUT2D eigenvalue weighted by Crippen LogP contribution is -2.02. The molecule has 0 radical (unpaired) electrons. The number of halogens is 2. The van der Waals surface area contributed by atoms with Crippen molar-refractivity contribution in [2.45, 2.75) is 19.6 Å². The van der Waals surface area contributed by atoms with Gasteiger partial charge in [0.1, 0.15) is 18.2 Å². The van der Waals surface area contributed by atoms with Gasteiger partial charge in [-0.3, -0.25) is 0 Å². The maximum absolute atomic E-state index is 13.1. The number of hydrogen-bond acceptors (Lipinski definition) is 2. The predicted molar refractivity (Wildman–Crippen MR) is 72.8 cm³/mol. The van der Waals surface area contributed by atoms with Gasteiger partial charge in [-0.05, 0) is 31.2 Å². The Morgan fingerprint density at radius 2 is 2.00 bits per heavy atom. The highest BCUT2D eigenvalue weighted by molar-refractivity contribution is 6.31. The zero-order valence-electron chi connectivity index (χ0n) is 10.4. The van der Waals surface area contributed by atoms with E-state index in [0.717, 1.165) is 5.56 Å². The number of hydrogen-bond donors (Lipinski definition) is 1. The zero-order chi connectivity index (χ0) is 13.8. The van der Waals surface area contributed by atoms with Crippen LogP contribution < -0.4 is 4.74 Å². The predicted octanol–water partition coefficient (Wildman–Crippen LogP) is 4.11. The molecular formula is C15H14ClFO2.